The maximum absolute atomic E-state index is 12.4. The molecule has 1 aromatic carbocycles. The van der Waals surface area contributed by atoms with Crippen molar-refractivity contribution in [2.75, 3.05) is 31.8 Å². The monoisotopic (exact) mass is 465 g/mol. The van der Waals surface area contributed by atoms with Crippen molar-refractivity contribution < 1.29 is 28.8 Å². The maximum Gasteiger partial charge on any atom is 0.414 e. The summed E-state index contributed by atoms with van der Waals surface area (Å²) in [5.74, 6) is 1.83. The molecule has 9 nitrogen and oxygen atoms in total. The van der Waals surface area contributed by atoms with E-state index in [0.29, 0.717) is 49.2 Å². The number of aromatic nitrogens is 2. The number of nitrogens with zero attached hydrogens (tertiary/aromatic N) is 3. The summed E-state index contributed by atoms with van der Waals surface area (Å²) in [4.78, 5) is 22.9. The van der Waals surface area contributed by atoms with E-state index in [4.69, 9.17) is 18.9 Å². The van der Waals surface area contributed by atoms with Gasteiger partial charge in [0.25, 0.3) is 0 Å². The Bertz CT molecular complexity index is 1190. The molecule has 5 rings (SSSR count). The first-order chi connectivity index (χ1) is 16.6. The molecular formula is C25H27N3O6. The number of hydrogen-bond donors (Lipinski definition) is 1. The van der Waals surface area contributed by atoms with Gasteiger partial charge >= 0.3 is 6.09 Å². The number of pyridine rings is 2. The van der Waals surface area contributed by atoms with Crippen LogP contribution in [-0.2, 0) is 11.2 Å². The van der Waals surface area contributed by atoms with Gasteiger partial charge in [0.15, 0.2) is 11.5 Å². The Hall–Kier alpha value is -3.59. The molecule has 178 valence electrons. The zero-order chi connectivity index (χ0) is 23.5. The lowest BCUT2D eigenvalue weighted by atomic mass is 10.0. The highest BCUT2D eigenvalue weighted by molar-refractivity contribution is 5.90. The van der Waals surface area contributed by atoms with Crippen LogP contribution in [0.5, 0.6) is 17.4 Å². The summed E-state index contributed by atoms with van der Waals surface area (Å²) in [7, 11) is 1.59. The second-order valence-electron chi connectivity index (χ2n) is 8.37. The maximum atomic E-state index is 12.4. The highest BCUT2D eigenvalue weighted by Crippen LogP contribution is 2.35. The number of carbonyl (C=O) groups excluding carboxylic acids is 1. The Morgan fingerprint density at radius 3 is 2.85 bits per heavy atom. The van der Waals surface area contributed by atoms with Crippen LogP contribution in [-0.4, -0.2) is 60.2 Å². The van der Waals surface area contributed by atoms with Gasteiger partial charge in [0.2, 0.25) is 5.88 Å². The molecule has 0 aliphatic carbocycles. The average Bonchev–Trinajstić information content (AvgIpc) is 3.27. The molecule has 0 saturated carbocycles. The first kappa shape index (κ1) is 22.2. The fourth-order valence-electron chi connectivity index (χ4n) is 4.33. The first-order valence-corrected chi connectivity index (χ1v) is 11.5. The minimum Gasteiger partial charge on any atom is -0.486 e. The van der Waals surface area contributed by atoms with E-state index >= 15 is 0 Å². The van der Waals surface area contributed by atoms with Crippen molar-refractivity contribution >= 4 is 22.8 Å². The molecule has 0 radical (unpaired) electrons. The predicted octanol–water partition coefficient (Wildman–Crippen LogP) is 3.51. The second kappa shape index (κ2) is 9.72. The van der Waals surface area contributed by atoms with Crippen LogP contribution in [0.15, 0.2) is 42.6 Å². The van der Waals surface area contributed by atoms with Crippen LogP contribution < -0.4 is 19.1 Å². The van der Waals surface area contributed by atoms with Gasteiger partial charge in [0.05, 0.1) is 36.5 Å². The van der Waals surface area contributed by atoms with Gasteiger partial charge in [-0.2, -0.15) is 0 Å². The van der Waals surface area contributed by atoms with Crippen molar-refractivity contribution in [1.29, 1.82) is 0 Å². The van der Waals surface area contributed by atoms with Gasteiger partial charge < -0.3 is 24.1 Å². The van der Waals surface area contributed by atoms with Crippen LogP contribution in [0.25, 0.3) is 11.0 Å². The molecule has 2 aromatic heterocycles. The summed E-state index contributed by atoms with van der Waals surface area (Å²) in [5.41, 5.74) is 3.42. The van der Waals surface area contributed by atoms with Gasteiger partial charge in [0.1, 0.15) is 19.3 Å². The fourth-order valence-corrected chi connectivity index (χ4v) is 4.33. The van der Waals surface area contributed by atoms with Gasteiger partial charge in [-0.1, -0.05) is 6.42 Å². The average molecular weight is 466 g/mol. The number of carbonyl (C=O) groups is 1. The Kier molecular flexibility index (Phi) is 6.35. The number of aliphatic hydroxyl groups is 1. The molecular weight excluding hydrogens is 438 g/mol. The normalized spacial score (nSPS) is 18.1. The number of anilines is 1. The number of fused-ring (bicyclic) bond motifs is 2. The zero-order valence-corrected chi connectivity index (χ0v) is 19.0. The largest absolute Gasteiger partial charge is 0.486 e. The van der Waals surface area contributed by atoms with E-state index in [1.807, 2.05) is 12.1 Å². The van der Waals surface area contributed by atoms with Crippen LogP contribution in [0.4, 0.5) is 10.5 Å². The van der Waals surface area contributed by atoms with Crippen LogP contribution in [0.2, 0.25) is 0 Å². The number of ether oxygens (including phenoxy) is 4. The highest BCUT2D eigenvalue weighted by atomic mass is 16.6. The van der Waals surface area contributed by atoms with Crippen LogP contribution in [0.1, 0.15) is 24.8 Å². The Labute approximate surface area is 197 Å². The van der Waals surface area contributed by atoms with Crippen molar-refractivity contribution in [3.05, 3.63) is 48.2 Å². The van der Waals surface area contributed by atoms with Crippen molar-refractivity contribution in [3.63, 3.8) is 0 Å². The number of rotatable bonds is 8. The van der Waals surface area contributed by atoms with E-state index in [-0.39, 0.29) is 0 Å². The Morgan fingerprint density at radius 1 is 1.15 bits per heavy atom. The van der Waals surface area contributed by atoms with E-state index in [2.05, 4.69) is 9.97 Å². The molecule has 34 heavy (non-hydrogen) atoms. The molecule has 2 aliphatic heterocycles. The molecule has 1 amide bonds. The smallest absolute Gasteiger partial charge is 0.414 e. The number of aliphatic hydroxyl groups excluding tert-OH is 1. The van der Waals surface area contributed by atoms with E-state index < -0.39 is 18.3 Å². The third kappa shape index (κ3) is 4.56. The number of aryl methyl sites for hydroxylation is 1. The SMILES string of the molecule is COc1ccc2nccc(CCCC[C@@H](O)[C@H]3CN(c4ccc5c(c4)OCCO5)C(=O)O3)c2n1. The molecule has 3 aromatic rings. The Balaban J connectivity index is 1.15. The Morgan fingerprint density at radius 2 is 2.00 bits per heavy atom. The molecule has 0 spiro atoms. The van der Waals surface area contributed by atoms with E-state index in [1.54, 1.807) is 37.6 Å². The van der Waals surface area contributed by atoms with Gasteiger partial charge in [-0.15, -0.1) is 0 Å². The van der Waals surface area contributed by atoms with Crippen LogP contribution >= 0.6 is 0 Å². The number of cyclic esters (lactones) is 1. The first-order valence-electron chi connectivity index (χ1n) is 11.5. The standard InChI is InChI=1S/C25H27N3O6/c1-31-23-9-7-18-24(27-23)16(10-11-26-18)4-2-3-5-19(29)22-15-28(25(30)34-22)17-6-8-20-21(14-17)33-13-12-32-20/h6-11,14,19,22,29H,2-5,12-13,15H2,1H3/t19-,22-/m1/s1. The highest BCUT2D eigenvalue weighted by Gasteiger charge is 2.37. The molecule has 9 heteroatoms. The topological polar surface area (TPSA) is 103 Å². The van der Waals surface area contributed by atoms with E-state index in [0.717, 1.165) is 35.9 Å². The summed E-state index contributed by atoms with van der Waals surface area (Å²) in [6.45, 7) is 1.27. The van der Waals surface area contributed by atoms with Gasteiger partial charge in [0, 0.05) is 18.3 Å². The quantitative estimate of drug-likeness (QED) is 0.504. The molecule has 2 atom stereocenters. The molecule has 1 fully saturated rings. The van der Waals surface area contributed by atoms with E-state index in [1.165, 1.54) is 4.90 Å². The van der Waals surface area contributed by atoms with Crippen molar-refractivity contribution in [2.24, 2.45) is 0 Å². The summed E-state index contributed by atoms with van der Waals surface area (Å²) >= 11 is 0. The molecule has 0 unspecified atom stereocenters. The fraction of sp³-hybridized carbons (Fsp3) is 0.400. The lowest BCUT2D eigenvalue weighted by Crippen LogP contribution is -2.31. The minimum absolute atomic E-state index is 0.290. The van der Waals surface area contributed by atoms with Gasteiger partial charge in [-0.05, 0) is 49.1 Å². The molecule has 4 heterocycles. The third-order valence-corrected chi connectivity index (χ3v) is 6.15. The van der Waals surface area contributed by atoms with E-state index in [9.17, 15) is 9.90 Å². The summed E-state index contributed by atoms with van der Waals surface area (Å²) in [6, 6.07) is 11.0. The molecule has 1 saturated heterocycles. The number of unbranched alkanes of at least 4 members (excludes halogenated alkanes) is 1. The number of hydrogen-bond acceptors (Lipinski definition) is 8. The van der Waals surface area contributed by atoms with Crippen LogP contribution in [0.3, 0.4) is 0 Å². The summed E-state index contributed by atoms with van der Waals surface area (Å²) < 4.78 is 21.8. The molecule has 0 bridgehead atoms. The number of amides is 1. The number of methoxy groups -OCH3 is 1. The van der Waals surface area contributed by atoms with Crippen molar-refractivity contribution in [3.8, 4) is 17.4 Å². The van der Waals surface area contributed by atoms with Gasteiger partial charge in [-0.3, -0.25) is 9.88 Å². The van der Waals surface area contributed by atoms with Gasteiger partial charge in [-0.25, -0.2) is 9.78 Å². The lowest BCUT2D eigenvalue weighted by molar-refractivity contribution is 0.0267. The van der Waals surface area contributed by atoms with Crippen molar-refractivity contribution in [2.45, 2.75) is 37.9 Å². The summed E-state index contributed by atoms with van der Waals surface area (Å²) in [6.07, 6.45) is 2.99. The summed E-state index contributed by atoms with van der Waals surface area (Å²) in [5, 5.41) is 10.7. The van der Waals surface area contributed by atoms with Crippen LogP contribution in [0, 0.1) is 0 Å². The predicted molar refractivity (Wildman–Crippen MR) is 125 cm³/mol. The lowest BCUT2D eigenvalue weighted by Gasteiger charge is -2.21. The molecule has 1 N–H and O–H groups in total. The molecule has 2 aliphatic rings. The van der Waals surface area contributed by atoms with Crippen molar-refractivity contribution in [1.82, 2.24) is 9.97 Å². The number of benzene rings is 1. The second-order valence-corrected chi connectivity index (χ2v) is 8.37. The third-order valence-electron chi connectivity index (χ3n) is 6.15. The minimum atomic E-state index is -0.737. The zero-order valence-electron chi connectivity index (χ0n) is 19.0.